The average molecular weight is 430 g/mol. The summed E-state index contributed by atoms with van der Waals surface area (Å²) in [5.41, 5.74) is 0.444. The second-order valence-electron chi connectivity index (χ2n) is 6.59. The number of H-pyrrole nitrogens is 1. The number of fused-ring (bicyclic) bond motifs is 1. The molecule has 0 saturated heterocycles. The molecule has 0 saturated carbocycles. The molecule has 2 heterocycles. The van der Waals surface area contributed by atoms with Gasteiger partial charge in [-0.25, -0.2) is 14.4 Å². The highest BCUT2D eigenvalue weighted by Gasteiger charge is 2.29. The summed E-state index contributed by atoms with van der Waals surface area (Å²) < 4.78 is 57.3. The van der Waals surface area contributed by atoms with Gasteiger partial charge in [0.2, 0.25) is 11.8 Å². The van der Waals surface area contributed by atoms with Crippen LogP contribution in [0.1, 0.15) is 11.1 Å². The van der Waals surface area contributed by atoms with E-state index in [2.05, 4.69) is 20.3 Å². The smallest absolute Gasteiger partial charge is 0.416 e. The van der Waals surface area contributed by atoms with Crippen LogP contribution < -0.4 is 10.1 Å². The molecule has 0 unspecified atom stereocenters. The zero-order chi connectivity index (χ0) is 22.0. The summed E-state index contributed by atoms with van der Waals surface area (Å²) in [6, 6.07) is 10.7. The van der Waals surface area contributed by atoms with Crippen LogP contribution in [-0.2, 0) is 17.4 Å². The number of alkyl halides is 3. The Labute approximate surface area is 172 Å². The number of anilines is 1. The van der Waals surface area contributed by atoms with E-state index in [0.717, 1.165) is 18.3 Å². The maximum atomic E-state index is 13.9. The van der Waals surface area contributed by atoms with Gasteiger partial charge in [-0.15, -0.1) is 0 Å². The first-order chi connectivity index (χ1) is 14.8. The van der Waals surface area contributed by atoms with E-state index in [9.17, 15) is 22.4 Å². The Morgan fingerprint density at radius 2 is 1.74 bits per heavy atom. The van der Waals surface area contributed by atoms with Crippen molar-refractivity contribution in [2.75, 3.05) is 5.32 Å². The number of aromatic nitrogens is 3. The van der Waals surface area contributed by atoms with Crippen LogP contribution in [0.4, 0.5) is 23.2 Å². The number of rotatable bonds is 5. The minimum absolute atomic E-state index is 0.0443. The Morgan fingerprint density at radius 1 is 1.03 bits per heavy atom. The zero-order valence-corrected chi connectivity index (χ0v) is 15.7. The molecule has 0 spiro atoms. The summed E-state index contributed by atoms with van der Waals surface area (Å²) in [5, 5.41) is 2.78. The van der Waals surface area contributed by atoms with E-state index < -0.39 is 17.6 Å². The van der Waals surface area contributed by atoms with Crippen LogP contribution >= 0.6 is 0 Å². The number of carbonyl (C=O) groups is 1. The quantitative estimate of drug-likeness (QED) is 0.433. The number of hydrogen-bond donors (Lipinski definition) is 2. The predicted molar refractivity (Wildman–Crippen MR) is 104 cm³/mol. The molecule has 0 aliphatic carbocycles. The molecule has 0 aliphatic rings. The SMILES string of the molecule is O=C(Cc1ccc(C(F)(F)F)cc1)Nc1ccc(Oc2ncnc3[nH]cc(F)c23)cc1. The molecule has 4 rings (SSSR count). The van der Waals surface area contributed by atoms with Crippen molar-refractivity contribution in [1.29, 1.82) is 0 Å². The van der Waals surface area contributed by atoms with E-state index in [4.69, 9.17) is 4.74 Å². The molecule has 2 aromatic carbocycles. The monoisotopic (exact) mass is 430 g/mol. The van der Waals surface area contributed by atoms with Crippen LogP contribution in [0.2, 0.25) is 0 Å². The number of nitrogens with one attached hydrogen (secondary N) is 2. The number of nitrogens with zero attached hydrogens (tertiary/aromatic N) is 2. The molecule has 2 N–H and O–H groups in total. The molecule has 0 radical (unpaired) electrons. The summed E-state index contributed by atoms with van der Waals surface area (Å²) in [6.45, 7) is 0. The lowest BCUT2D eigenvalue weighted by molar-refractivity contribution is -0.137. The van der Waals surface area contributed by atoms with Crippen molar-refractivity contribution in [2.45, 2.75) is 12.6 Å². The van der Waals surface area contributed by atoms with Crippen molar-refractivity contribution in [2.24, 2.45) is 0 Å². The highest BCUT2D eigenvalue weighted by Crippen LogP contribution is 2.30. The van der Waals surface area contributed by atoms with Crippen LogP contribution in [0.25, 0.3) is 11.0 Å². The van der Waals surface area contributed by atoms with Gasteiger partial charge in [0.25, 0.3) is 0 Å². The first-order valence-corrected chi connectivity index (χ1v) is 9.01. The van der Waals surface area contributed by atoms with E-state index in [1.165, 1.54) is 18.5 Å². The van der Waals surface area contributed by atoms with Gasteiger partial charge < -0.3 is 15.0 Å². The van der Waals surface area contributed by atoms with E-state index in [1.54, 1.807) is 24.3 Å². The summed E-state index contributed by atoms with van der Waals surface area (Å²) in [5.74, 6) is -0.526. The number of hydrogen-bond acceptors (Lipinski definition) is 4. The van der Waals surface area contributed by atoms with E-state index in [1.807, 2.05) is 0 Å². The normalized spacial score (nSPS) is 11.5. The summed E-state index contributed by atoms with van der Waals surface area (Å²) >= 11 is 0. The maximum absolute atomic E-state index is 13.9. The molecule has 10 heteroatoms. The highest BCUT2D eigenvalue weighted by molar-refractivity contribution is 5.92. The fraction of sp³-hybridized carbons (Fsp3) is 0.0952. The molecule has 0 bridgehead atoms. The molecule has 0 atom stereocenters. The van der Waals surface area contributed by atoms with Crippen LogP contribution in [0.3, 0.4) is 0 Å². The van der Waals surface area contributed by atoms with Gasteiger partial charge in [-0.1, -0.05) is 12.1 Å². The molecule has 31 heavy (non-hydrogen) atoms. The Hall–Kier alpha value is -3.95. The van der Waals surface area contributed by atoms with Gasteiger partial charge in [0.1, 0.15) is 23.1 Å². The standard InChI is InChI=1S/C21H14F4N4O2/c22-16-10-26-19-18(16)20(28-11-27-19)31-15-7-5-14(6-8-15)29-17(30)9-12-1-3-13(4-2-12)21(23,24)25/h1-8,10-11H,9H2,(H,29,30)(H,26,27,28). The van der Waals surface area contributed by atoms with Gasteiger partial charge in [0, 0.05) is 11.9 Å². The Kier molecular flexibility index (Phi) is 5.28. The van der Waals surface area contributed by atoms with Crippen LogP contribution in [0, 0.1) is 5.82 Å². The van der Waals surface area contributed by atoms with E-state index in [-0.39, 0.29) is 23.6 Å². The molecule has 0 aliphatic heterocycles. The molecule has 158 valence electrons. The number of amides is 1. The first kappa shape index (κ1) is 20.3. The number of halogens is 4. The molecule has 0 fully saturated rings. The fourth-order valence-corrected chi connectivity index (χ4v) is 2.90. The Bertz CT molecular complexity index is 1220. The van der Waals surface area contributed by atoms with E-state index >= 15 is 0 Å². The molecule has 1 amide bonds. The molecule has 2 aromatic heterocycles. The van der Waals surface area contributed by atoms with Gasteiger partial charge in [-0.3, -0.25) is 4.79 Å². The highest BCUT2D eigenvalue weighted by atomic mass is 19.4. The Balaban J connectivity index is 1.39. The van der Waals surface area contributed by atoms with Gasteiger partial charge in [0.05, 0.1) is 12.0 Å². The zero-order valence-electron chi connectivity index (χ0n) is 15.7. The maximum Gasteiger partial charge on any atom is 0.416 e. The largest absolute Gasteiger partial charge is 0.438 e. The third-order valence-corrected chi connectivity index (χ3v) is 4.39. The van der Waals surface area contributed by atoms with Crippen LogP contribution in [0.15, 0.2) is 61.1 Å². The molecular formula is C21H14F4N4O2. The van der Waals surface area contributed by atoms with Crippen molar-refractivity contribution in [1.82, 2.24) is 15.0 Å². The lowest BCUT2D eigenvalue weighted by Gasteiger charge is -2.09. The number of carbonyl (C=O) groups excluding carboxylic acids is 1. The van der Waals surface area contributed by atoms with Crippen molar-refractivity contribution < 1.29 is 27.1 Å². The van der Waals surface area contributed by atoms with Gasteiger partial charge in [-0.05, 0) is 42.0 Å². The minimum atomic E-state index is -4.42. The van der Waals surface area contributed by atoms with Crippen molar-refractivity contribution in [3.8, 4) is 11.6 Å². The second-order valence-corrected chi connectivity index (χ2v) is 6.59. The lowest BCUT2D eigenvalue weighted by Crippen LogP contribution is -2.14. The first-order valence-electron chi connectivity index (χ1n) is 9.01. The lowest BCUT2D eigenvalue weighted by atomic mass is 10.1. The topological polar surface area (TPSA) is 79.9 Å². The molecular weight excluding hydrogens is 416 g/mol. The number of ether oxygens (including phenoxy) is 1. The molecule has 6 nitrogen and oxygen atoms in total. The van der Waals surface area contributed by atoms with Crippen molar-refractivity contribution in [3.63, 3.8) is 0 Å². The minimum Gasteiger partial charge on any atom is -0.438 e. The second kappa shape index (κ2) is 8.05. The van der Waals surface area contributed by atoms with Crippen molar-refractivity contribution in [3.05, 3.63) is 78.0 Å². The van der Waals surface area contributed by atoms with E-state index in [0.29, 0.717) is 22.6 Å². The van der Waals surface area contributed by atoms with Gasteiger partial charge in [0.15, 0.2) is 5.82 Å². The Morgan fingerprint density at radius 3 is 2.42 bits per heavy atom. The van der Waals surface area contributed by atoms with Crippen LogP contribution in [0.5, 0.6) is 11.6 Å². The third kappa shape index (κ3) is 4.63. The summed E-state index contributed by atoms with van der Waals surface area (Å²) in [7, 11) is 0. The number of aromatic amines is 1. The molecule has 4 aromatic rings. The predicted octanol–water partition coefficient (Wildman–Crippen LogP) is 5.09. The number of benzene rings is 2. The van der Waals surface area contributed by atoms with Crippen LogP contribution in [-0.4, -0.2) is 20.9 Å². The van der Waals surface area contributed by atoms with Gasteiger partial charge in [-0.2, -0.15) is 13.2 Å². The van der Waals surface area contributed by atoms with Crippen molar-refractivity contribution >= 4 is 22.6 Å². The van der Waals surface area contributed by atoms with Gasteiger partial charge >= 0.3 is 6.18 Å². The average Bonchev–Trinajstić information content (AvgIpc) is 3.11. The summed E-state index contributed by atoms with van der Waals surface area (Å²) in [6.07, 6.45) is -2.11. The fourth-order valence-electron chi connectivity index (χ4n) is 2.90. The third-order valence-electron chi connectivity index (χ3n) is 4.39. The summed E-state index contributed by atoms with van der Waals surface area (Å²) in [4.78, 5) is 22.7.